The maximum atomic E-state index is 12.9. The molecule has 152 valence electrons. The zero-order chi connectivity index (χ0) is 20.9. The first kappa shape index (κ1) is 21.5. The van der Waals surface area contributed by atoms with E-state index in [1.807, 2.05) is 6.92 Å². The molecule has 2 N–H and O–H groups in total. The molecule has 0 spiro atoms. The minimum atomic E-state index is -1.22. The highest BCUT2D eigenvalue weighted by Crippen LogP contribution is 2.30. The molecule has 0 aromatic heterocycles. The van der Waals surface area contributed by atoms with Crippen LogP contribution in [0, 0.1) is 5.92 Å². The van der Waals surface area contributed by atoms with Crippen molar-refractivity contribution in [2.24, 2.45) is 5.92 Å². The Hall–Kier alpha value is -2.83. The molecule has 7 nitrogen and oxygen atoms in total. The molecule has 4 amide bonds. The van der Waals surface area contributed by atoms with Gasteiger partial charge < -0.3 is 15.4 Å². The Morgan fingerprint density at radius 2 is 1.93 bits per heavy atom. The molecule has 0 bridgehead atoms. The summed E-state index contributed by atoms with van der Waals surface area (Å²) in [4.78, 5) is 38.2. The van der Waals surface area contributed by atoms with Crippen molar-refractivity contribution in [2.75, 3.05) is 19.7 Å². The van der Waals surface area contributed by atoms with E-state index in [9.17, 15) is 14.4 Å². The molecule has 7 heteroatoms. The van der Waals surface area contributed by atoms with E-state index in [0.29, 0.717) is 30.4 Å². The normalized spacial score (nSPS) is 19.0. The van der Waals surface area contributed by atoms with Gasteiger partial charge >= 0.3 is 6.03 Å². The van der Waals surface area contributed by atoms with Gasteiger partial charge in [0.1, 0.15) is 24.4 Å². The summed E-state index contributed by atoms with van der Waals surface area (Å²) in [6.45, 7) is 12.0. The van der Waals surface area contributed by atoms with Crippen molar-refractivity contribution >= 4 is 17.8 Å². The Labute approximate surface area is 166 Å². The fraction of sp³-hybridized carbons (Fsp3) is 0.476. The lowest BCUT2D eigenvalue weighted by atomic mass is 9.92. The number of hydrogen-bond donors (Lipinski definition) is 2. The van der Waals surface area contributed by atoms with Crippen molar-refractivity contribution in [3.8, 4) is 5.75 Å². The van der Waals surface area contributed by atoms with Gasteiger partial charge in [-0.3, -0.25) is 14.5 Å². The number of nitrogens with zero attached hydrogens (tertiary/aromatic N) is 1. The molecule has 1 saturated heterocycles. The predicted octanol–water partition coefficient (Wildman–Crippen LogP) is 2.57. The van der Waals surface area contributed by atoms with Crippen LogP contribution in [-0.4, -0.2) is 42.4 Å². The highest BCUT2D eigenvalue weighted by molar-refractivity contribution is 6.09. The molecule has 1 aliphatic rings. The van der Waals surface area contributed by atoms with Crippen LogP contribution in [0.25, 0.3) is 0 Å². The van der Waals surface area contributed by atoms with E-state index >= 15 is 0 Å². The number of ether oxygens (including phenoxy) is 1. The Morgan fingerprint density at radius 3 is 2.50 bits per heavy atom. The van der Waals surface area contributed by atoms with E-state index in [0.717, 1.165) is 16.9 Å². The number of urea groups is 1. The van der Waals surface area contributed by atoms with Gasteiger partial charge in [0.2, 0.25) is 5.91 Å². The van der Waals surface area contributed by atoms with Crippen LogP contribution < -0.4 is 15.4 Å². The number of amides is 4. The van der Waals surface area contributed by atoms with Gasteiger partial charge in [-0.15, -0.1) is 0 Å². The van der Waals surface area contributed by atoms with Crippen LogP contribution >= 0.6 is 0 Å². The smallest absolute Gasteiger partial charge is 0.325 e. The predicted molar refractivity (Wildman–Crippen MR) is 107 cm³/mol. The Bertz CT molecular complexity index is 757. The van der Waals surface area contributed by atoms with E-state index in [-0.39, 0.29) is 12.5 Å². The van der Waals surface area contributed by atoms with Crippen molar-refractivity contribution in [1.29, 1.82) is 0 Å². The van der Waals surface area contributed by atoms with Gasteiger partial charge in [0.15, 0.2) is 0 Å². The average molecular weight is 387 g/mol. The van der Waals surface area contributed by atoms with Gasteiger partial charge in [-0.25, -0.2) is 4.79 Å². The second-order valence-corrected chi connectivity index (χ2v) is 7.75. The topological polar surface area (TPSA) is 87.7 Å². The van der Waals surface area contributed by atoms with Crippen LogP contribution in [0.4, 0.5) is 4.79 Å². The highest BCUT2D eigenvalue weighted by atomic mass is 16.5. The minimum Gasteiger partial charge on any atom is -0.489 e. The van der Waals surface area contributed by atoms with E-state index in [4.69, 9.17) is 4.74 Å². The van der Waals surface area contributed by atoms with Crippen molar-refractivity contribution in [1.82, 2.24) is 15.5 Å². The molecular formula is C21H29N3O4. The number of nitrogens with one attached hydrogen (secondary N) is 2. The molecule has 1 heterocycles. The summed E-state index contributed by atoms with van der Waals surface area (Å²) in [6, 6.07) is 6.37. The largest absolute Gasteiger partial charge is 0.489 e. The SMILES string of the molecule is C=C(C)COc1ccc(C2(C)NC(=O)N(CC(=O)NCCC(C)C)C2=O)cc1. The first-order valence-corrected chi connectivity index (χ1v) is 9.42. The lowest BCUT2D eigenvalue weighted by Crippen LogP contribution is -2.43. The highest BCUT2D eigenvalue weighted by Gasteiger charge is 2.49. The number of imide groups is 1. The standard InChI is InChI=1S/C21H29N3O4/c1-14(2)10-11-22-18(25)12-24-19(26)21(5,23-20(24)27)16-6-8-17(9-7-16)28-13-15(3)4/h6-9,14H,3,10-13H2,1-2,4-5H3,(H,22,25)(H,23,27). The van der Waals surface area contributed by atoms with Crippen molar-refractivity contribution in [3.05, 3.63) is 42.0 Å². The third-order valence-corrected chi connectivity index (χ3v) is 4.54. The van der Waals surface area contributed by atoms with Gasteiger partial charge in [-0.05, 0) is 49.5 Å². The maximum Gasteiger partial charge on any atom is 0.325 e. The second kappa shape index (κ2) is 8.91. The zero-order valence-electron chi connectivity index (χ0n) is 17.0. The lowest BCUT2D eigenvalue weighted by molar-refractivity contribution is -0.134. The van der Waals surface area contributed by atoms with Crippen molar-refractivity contribution in [2.45, 2.75) is 39.7 Å². The maximum absolute atomic E-state index is 12.9. The Kier molecular flexibility index (Phi) is 6.83. The van der Waals surface area contributed by atoms with Gasteiger partial charge in [-0.2, -0.15) is 0 Å². The second-order valence-electron chi connectivity index (χ2n) is 7.75. The number of benzene rings is 1. The van der Waals surface area contributed by atoms with Crippen LogP contribution in [-0.2, 0) is 15.1 Å². The van der Waals surface area contributed by atoms with Crippen LogP contribution in [0.15, 0.2) is 36.4 Å². The van der Waals surface area contributed by atoms with E-state index in [2.05, 4.69) is 31.1 Å². The van der Waals surface area contributed by atoms with Crippen LogP contribution in [0.5, 0.6) is 5.75 Å². The molecule has 1 fully saturated rings. The average Bonchev–Trinajstić information content (AvgIpc) is 2.84. The molecule has 1 unspecified atom stereocenters. The third kappa shape index (κ3) is 5.12. The summed E-state index contributed by atoms with van der Waals surface area (Å²) < 4.78 is 5.56. The molecular weight excluding hydrogens is 358 g/mol. The van der Waals surface area contributed by atoms with Gasteiger partial charge in [-0.1, -0.05) is 32.6 Å². The molecule has 0 aliphatic carbocycles. The summed E-state index contributed by atoms with van der Waals surface area (Å²) in [6.07, 6.45) is 0.837. The zero-order valence-corrected chi connectivity index (χ0v) is 17.0. The fourth-order valence-corrected chi connectivity index (χ4v) is 2.83. The molecule has 1 atom stereocenters. The molecule has 2 rings (SSSR count). The number of carbonyl (C=O) groups excluding carboxylic acids is 3. The monoisotopic (exact) mass is 387 g/mol. The van der Waals surface area contributed by atoms with E-state index in [1.54, 1.807) is 31.2 Å². The molecule has 1 aliphatic heterocycles. The number of carbonyl (C=O) groups is 3. The molecule has 28 heavy (non-hydrogen) atoms. The van der Waals surface area contributed by atoms with Gasteiger partial charge in [0.25, 0.3) is 5.91 Å². The Balaban J connectivity index is 2.04. The Morgan fingerprint density at radius 1 is 1.29 bits per heavy atom. The summed E-state index contributed by atoms with van der Waals surface area (Å²) in [5.41, 5.74) is 0.301. The number of hydrogen-bond acceptors (Lipinski definition) is 4. The molecule has 1 aromatic carbocycles. The first-order chi connectivity index (χ1) is 13.1. The first-order valence-electron chi connectivity index (χ1n) is 9.42. The molecule has 0 saturated carbocycles. The summed E-state index contributed by atoms with van der Waals surface area (Å²) in [7, 11) is 0. The van der Waals surface area contributed by atoms with E-state index in [1.165, 1.54) is 0 Å². The van der Waals surface area contributed by atoms with Crippen LogP contribution in [0.3, 0.4) is 0 Å². The molecule has 1 aromatic rings. The summed E-state index contributed by atoms with van der Waals surface area (Å²) >= 11 is 0. The summed E-state index contributed by atoms with van der Waals surface area (Å²) in [5, 5.41) is 5.44. The number of rotatable bonds is 9. The summed E-state index contributed by atoms with van der Waals surface area (Å²) in [5.74, 6) is 0.306. The van der Waals surface area contributed by atoms with Crippen LogP contribution in [0.2, 0.25) is 0 Å². The minimum absolute atomic E-state index is 0.293. The van der Waals surface area contributed by atoms with Crippen LogP contribution in [0.1, 0.15) is 39.7 Å². The van der Waals surface area contributed by atoms with E-state index < -0.39 is 17.5 Å². The van der Waals surface area contributed by atoms with Crippen molar-refractivity contribution < 1.29 is 19.1 Å². The van der Waals surface area contributed by atoms with Crippen molar-refractivity contribution in [3.63, 3.8) is 0 Å². The van der Waals surface area contributed by atoms with Gasteiger partial charge in [0, 0.05) is 6.54 Å². The lowest BCUT2D eigenvalue weighted by Gasteiger charge is -2.22. The fourth-order valence-electron chi connectivity index (χ4n) is 2.83. The molecule has 0 radical (unpaired) electrons. The van der Waals surface area contributed by atoms with Gasteiger partial charge in [0.05, 0.1) is 0 Å². The third-order valence-electron chi connectivity index (χ3n) is 4.54. The quantitative estimate of drug-likeness (QED) is 0.504.